The van der Waals surface area contributed by atoms with Gasteiger partial charge in [-0.15, -0.1) is 0 Å². The summed E-state index contributed by atoms with van der Waals surface area (Å²) in [7, 11) is 0. The number of carboxylic acid groups (broad SMARTS) is 1. The summed E-state index contributed by atoms with van der Waals surface area (Å²) in [5.41, 5.74) is 0.462. The van der Waals surface area contributed by atoms with Crippen molar-refractivity contribution in [3.05, 3.63) is 12.4 Å². The summed E-state index contributed by atoms with van der Waals surface area (Å²) < 4.78 is 1.25. The molecule has 1 atom stereocenters. The second kappa shape index (κ2) is 8.25. The van der Waals surface area contributed by atoms with Gasteiger partial charge in [0.2, 0.25) is 0 Å². The molecule has 118 valence electrons. The Morgan fingerprint density at radius 3 is 2.67 bits per heavy atom. The number of likely N-dealkylation sites (N-methyl/N-ethyl adjacent to an activating group) is 1. The number of anilines is 1. The largest absolute Gasteiger partial charge is 0.480 e. The van der Waals surface area contributed by atoms with E-state index >= 15 is 0 Å². The van der Waals surface area contributed by atoms with E-state index < -0.39 is 5.97 Å². The van der Waals surface area contributed by atoms with Crippen LogP contribution in [0.4, 0.5) is 10.5 Å². The minimum absolute atomic E-state index is 0.0129. The second-order valence-corrected chi connectivity index (χ2v) is 4.81. The molecular weight excluding hydrogens is 274 g/mol. The van der Waals surface area contributed by atoms with Crippen molar-refractivity contribution in [2.24, 2.45) is 0 Å². The number of urea groups is 1. The highest BCUT2D eigenvalue weighted by Crippen LogP contribution is 2.04. The van der Waals surface area contributed by atoms with Crippen molar-refractivity contribution >= 4 is 17.7 Å². The molecule has 1 rings (SSSR count). The molecule has 0 saturated heterocycles. The van der Waals surface area contributed by atoms with Crippen LogP contribution in [0.5, 0.6) is 0 Å². The molecule has 1 aromatic rings. The number of rotatable bonds is 8. The van der Waals surface area contributed by atoms with Crippen LogP contribution in [-0.2, 0) is 11.3 Å². The Balaban J connectivity index is 2.42. The van der Waals surface area contributed by atoms with Gasteiger partial charge in [0, 0.05) is 18.8 Å². The number of hydrogen-bond acceptors (Lipinski definition) is 4. The van der Waals surface area contributed by atoms with Crippen LogP contribution in [0.1, 0.15) is 20.8 Å². The average molecular weight is 297 g/mol. The van der Waals surface area contributed by atoms with Gasteiger partial charge in [-0.25, -0.2) is 4.79 Å². The first-order chi connectivity index (χ1) is 9.94. The Morgan fingerprint density at radius 2 is 2.10 bits per heavy atom. The van der Waals surface area contributed by atoms with Gasteiger partial charge in [0.1, 0.15) is 6.54 Å². The SMILES string of the molecule is CCN(CC)CC(C)NC(=O)Nc1cnn(CC(=O)O)c1. The van der Waals surface area contributed by atoms with Crippen LogP contribution in [0.2, 0.25) is 0 Å². The molecule has 1 aromatic heterocycles. The van der Waals surface area contributed by atoms with Gasteiger partial charge in [0.05, 0.1) is 11.9 Å². The van der Waals surface area contributed by atoms with Crippen LogP contribution in [0.15, 0.2) is 12.4 Å². The number of hydrogen-bond donors (Lipinski definition) is 3. The molecule has 8 nitrogen and oxygen atoms in total. The van der Waals surface area contributed by atoms with Crippen molar-refractivity contribution < 1.29 is 14.7 Å². The number of nitrogens with zero attached hydrogens (tertiary/aromatic N) is 3. The molecule has 0 aliphatic carbocycles. The van der Waals surface area contributed by atoms with Gasteiger partial charge in [-0.2, -0.15) is 5.10 Å². The number of carbonyl (C=O) groups is 2. The van der Waals surface area contributed by atoms with Crippen LogP contribution in [0, 0.1) is 0 Å². The maximum Gasteiger partial charge on any atom is 0.325 e. The molecule has 0 spiro atoms. The van der Waals surface area contributed by atoms with Crippen LogP contribution in [0.25, 0.3) is 0 Å². The number of nitrogens with one attached hydrogen (secondary N) is 2. The van der Waals surface area contributed by atoms with Gasteiger partial charge < -0.3 is 20.6 Å². The number of carbonyl (C=O) groups excluding carboxylic acids is 1. The van der Waals surface area contributed by atoms with E-state index in [0.717, 1.165) is 19.6 Å². The second-order valence-electron chi connectivity index (χ2n) is 4.81. The van der Waals surface area contributed by atoms with Crippen LogP contribution < -0.4 is 10.6 Å². The van der Waals surface area contributed by atoms with Gasteiger partial charge >= 0.3 is 12.0 Å². The summed E-state index contributed by atoms with van der Waals surface area (Å²) in [6, 6.07) is -0.316. The summed E-state index contributed by atoms with van der Waals surface area (Å²) in [5, 5.41) is 18.0. The van der Waals surface area contributed by atoms with Gasteiger partial charge in [-0.3, -0.25) is 9.48 Å². The zero-order valence-corrected chi connectivity index (χ0v) is 12.7. The van der Waals surface area contributed by atoms with Crippen molar-refractivity contribution in [1.29, 1.82) is 0 Å². The van der Waals surface area contributed by atoms with E-state index in [1.54, 1.807) is 0 Å². The van der Waals surface area contributed by atoms with Crippen LogP contribution >= 0.6 is 0 Å². The van der Waals surface area contributed by atoms with Gasteiger partial charge in [0.15, 0.2) is 0 Å². The van der Waals surface area contributed by atoms with E-state index in [1.807, 2.05) is 6.92 Å². The lowest BCUT2D eigenvalue weighted by molar-refractivity contribution is -0.137. The minimum atomic E-state index is -0.984. The van der Waals surface area contributed by atoms with E-state index in [1.165, 1.54) is 17.1 Å². The highest BCUT2D eigenvalue weighted by Gasteiger charge is 2.11. The predicted molar refractivity (Wildman–Crippen MR) is 79.3 cm³/mol. The van der Waals surface area contributed by atoms with Crippen LogP contribution in [-0.4, -0.2) is 57.5 Å². The molecule has 8 heteroatoms. The zero-order chi connectivity index (χ0) is 15.8. The summed E-state index contributed by atoms with van der Waals surface area (Å²) in [6.07, 6.45) is 2.89. The smallest absolute Gasteiger partial charge is 0.325 e. The fraction of sp³-hybridized carbons (Fsp3) is 0.615. The van der Waals surface area contributed by atoms with E-state index in [9.17, 15) is 9.59 Å². The number of aromatic nitrogens is 2. The Bertz CT molecular complexity index is 470. The number of carboxylic acids is 1. The lowest BCUT2D eigenvalue weighted by atomic mass is 10.3. The molecule has 0 aromatic carbocycles. The molecule has 0 radical (unpaired) electrons. The third kappa shape index (κ3) is 6.26. The van der Waals surface area contributed by atoms with Crippen molar-refractivity contribution in [2.75, 3.05) is 25.0 Å². The molecule has 0 bridgehead atoms. The molecule has 0 saturated carbocycles. The molecule has 0 fully saturated rings. The van der Waals surface area contributed by atoms with Crippen LogP contribution in [0.3, 0.4) is 0 Å². The molecule has 0 aliphatic heterocycles. The summed E-state index contributed by atoms with van der Waals surface area (Å²) >= 11 is 0. The molecular formula is C13H23N5O3. The zero-order valence-electron chi connectivity index (χ0n) is 12.7. The first kappa shape index (κ1) is 17.0. The molecule has 21 heavy (non-hydrogen) atoms. The standard InChI is InChI=1S/C13H23N5O3/c1-4-17(5-2)7-10(3)15-13(21)16-11-6-14-18(8-11)9-12(19)20/h6,8,10H,4-5,7,9H2,1-3H3,(H,19,20)(H2,15,16,21). The van der Waals surface area contributed by atoms with E-state index in [2.05, 4.69) is 34.5 Å². The third-order valence-electron chi connectivity index (χ3n) is 2.99. The summed E-state index contributed by atoms with van der Waals surface area (Å²) in [6.45, 7) is 8.50. The minimum Gasteiger partial charge on any atom is -0.480 e. The first-order valence-electron chi connectivity index (χ1n) is 6.98. The maximum absolute atomic E-state index is 11.8. The Hall–Kier alpha value is -2.09. The normalized spacial score (nSPS) is 12.2. The molecule has 1 heterocycles. The lowest BCUT2D eigenvalue weighted by Crippen LogP contribution is -2.43. The number of aliphatic carboxylic acids is 1. The monoisotopic (exact) mass is 297 g/mol. The molecule has 2 amide bonds. The average Bonchev–Trinajstić information content (AvgIpc) is 2.81. The van der Waals surface area contributed by atoms with Crippen molar-refractivity contribution in [3.63, 3.8) is 0 Å². The van der Waals surface area contributed by atoms with Crippen molar-refractivity contribution in [1.82, 2.24) is 20.0 Å². The quantitative estimate of drug-likeness (QED) is 0.659. The number of amides is 2. The first-order valence-corrected chi connectivity index (χ1v) is 6.98. The topological polar surface area (TPSA) is 99.5 Å². The third-order valence-corrected chi connectivity index (χ3v) is 2.99. The Kier molecular flexibility index (Phi) is 6.67. The van der Waals surface area contributed by atoms with Crippen molar-refractivity contribution in [3.8, 4) is 0 Å². The highest BCUT2D eigenvalue weighted by atomic mass is 16.4. The lowest BCUT2D eigenvalue weighted by Gasteiger charge is -2.23. The Morgan fingerprint density at radius 1 is 1.43 bits per heavy atom. The van der Waals surface area contributed by atoms with E-state index in [-0.39, 0.29) is 18.6 Å². The molecule has 3 N–H and O–H groups in total. The molecule has 0 aliphatic rings. The summed E-state index contributed by atoms with van der Waals surface area (Å²) in [5.74, 6) is -0.984. The van der Waals surface area contributed by atoms with E-state index in [4.69, 9.17) is 5.11 Å². The van der Waals surface area contributed by atoms with E-state index in [0.29, 0.717) is 5.69 Å². The fourth-order valence-electron chi connectivity index (χ4n) is 1.96. The van der Waals surface area contributed by atoms with Crippen molar-refractivity contribution in [2.45, 2.75) is 33.4 Å². The molecule has 1 unspecified atom stereocenters. The summed E-state index contributed by atoms with van der Waals surface area (Å²) in [4.78, 5) is 24.6. The predicted octanol–water partition coefficient (Wildman–Crippen LogP) is 0.820. The van der Waals surface area contributed by atoms with Gasteiger partial charge in [-0.05, 0) is 20.0 Å². The fourth-order valence-corrected chi connectivity index (χ4v) is 1.96. The van der Waals surface area contributed by atoms with Gasteiger partial charge in [0.25, 0.3) is 0 Å². The Labute approximate surface area is 124 Å². The maximum atomic E-state index is 11.8. The highest BCUT2D eigenvalue weighted by molar-refractivity contribution is 5.89. The van der Waals surface area contributed by atoms with Gasteiger partial charge in [-0.1, -0.05) is 13.8 Å².